The highest BCUT2D eigenvalue weighted by molar-refractivity contribution is 7.89. The van der Waals surface area contributed by atoms with E-state index in [-0.39, 0.29) is 16.5 Å². The first-order chi connectivity index (χ1) is 14.0. The molecule has 1 aromatic carbocycles. The van der Waals surface area contributed by atoms with Crippen molar-refractivity contribution in [3.63, 3.8) is 0 Å². The van der Waals surface area contributed by atoms with Crippen LogP contribution in [0, 0.1) is 0 Å². The van der Waals surface area contributed by atoms with Gasteiger partial charge in [0, 0.05) is 25.0 Å². The molecule has 3 aromatic rings. The predicted octanol–water partition coefficient (Wildman–Crippen LogP) is 2.67. The number of aromatic nitrogens is 3. The normalized spacial score (nSPS) is 17.4. The first-order valence-electron chi connectivity index (χ1n) is 9.02. The zero-order valence-electron chi connectivity index (χ0n) is 16.0. The number of hydrogen-bond donors (Lipinski definition) is 0. The molecule has 10 heteroatoms. The minimum Gasteiger partial charge on any atom is -0.497 e. The van der Waals surface area contributed by atoms with E-state index in [0.717, 1.165) is 0 Å². The van der Waals surface area contributed by atoms with E-state index in [0.29, 0.717) is 36.6 Å². The van der Waals surface area contributed by atoms with Crippen LogP contribution in [0.4, 0.5) is 0 Å². The number of methoxy groups -OCH3 is 2. The standard InChI is InChI=1S/C19H20N4O5S/c1-26-14-7-8-16(27-2)17(11-14)29(24,25)23-10-4-6-15(23)19-22-21-18(28-19)13-5-3-9-20-12-13/h3,5,7-9,11-12,15H,4,6,10H2,1-2H3. The van der Waals surface area contributed by atoms with Gasteiger partial charge in [-0.1, -0.05) is 0 Å². The molecule has 9 nitrogen and oxygen atoms in total. The molecule has 0 radical (unpaired) electrons. The minimum absolute atomic E-state index is 0.0400. The van der Waals surface area contributed by atoms with E-state index >= 15 is 0 Å². The molecule has 3 heterocycles. The van der Waals surface area contributed by atoms with Crippen molar-refractivity contribution in [1.29, 1.82) is 0 Å². The number of sulfonamides is 1. The molecule has 1 saturated heterocycles. The Balaban J connectivity index is 1.69. The van der Waals surface area contributed by atoms with Crippen LogP contribution in [0.25, 0.3) is 11.5 Å². The summed E-state index contributed by atoms with van der Waals surface area (Å²) in [5.74, 6) is 1.23. The van der Waals surface area contributed by atoms with E-state index in [1.807, 2.05) is 0 Å². The van der Waals surface area contributed by atoms with Gasteiger partial charge in [-0.3, -0.25) is 4.98 Å². The molecule has 1 fully saturated rings. The fourth-order valence-electron chi connectivity index (χ4n) is 3.36. The molecule has 0 amide bonds. The lowest BCUT2D eigenvalue weighted by atomic mass is 10.2. The fraction of sp³-hybridized carbons (Fsp3) is 0.316. The van der Waals surface area contributed by atoms with Crippen LogP contribution in [0.3, 0.4) is 0 Å². The van der Waals surface area contributed by atoms with Crippen LogP contribution in [0.1, 0.15) is 24.8 Å². The summed E-state index contributed by atoms with van der Waals surface area (Å²) in [6.07, 6.45) is 4.52. The summed E-state index contributed by atoms with van der Waals surface area (Å²) in [6, 6.07) is 7.70. The van der Waals surface area contributed by atoms with Gasteiger partial charge in [0.25, 0.3) is 0 Å². The molecule has 0 aliphatic carbocycles. The molecule has 0 N–H and O–H groups in total. The topological polar surface area (TPSA) is 108 Å². The van der Waals surface area contributed by atoms with Gasteiger partial charge in [-0.25, -0.2) is 8.42 Å². The molecule has 1 aliphatic rings. The molecule has 29 heavy (non-hydrogen) atoms. The Morgan fingerprint density at radius 3 is 2.76 bits per heavy atom. The van der Waals surface area contributed by atoms with Gasteiger partial charge in [-0.05, 0) is 37.1 Å². The third-order valence-corrected chi connectivity index (χ3v) is 6.72. The number of pyridine rings is 1. The molecule has 4 rings (SSSR count). The van der Waals surface area contributed by atoms with Crippen LogP contribution in [0.15, 0.2) is 52.0 Å². The van der Waals surface area contributed by atoms with E-state index in [4.69, 9.17) is 13.9 Å². The van der Waals surface area contributed by atoms with E-state index < -0.39 is 16.1 Å². The molecular formula is C19H20N4O5S. The Bertz CT molecular complexity index is 1100. The number of nitrogens with zero attached hydrogens (tertiary/aromatic N) is 4. The van der Waals surface area contributed by atoms with Crippen molar-refractivity contribution in [1.82, 2.24) is 19.5 Å². The minimum atomic E-state index is -3.88. The van der Waals surface area contributed by atoms with Crippen molar-refractivity contribution < 1.29 is 22.3 Å². The van der Waals surface area contributed by atoms with Crippen LogP contribution in [-0.2, 0) is 10.0 Å². The maximum absolute atomic E-state index is 13.4. The van der Waals surface area contributed by atoms with Crippen molar-refractivity contribution in [2.45, 2.75) is 23.8 Å². The Kier molecular flexibility index (Phi) is 5.20. The van der Waals surface area contributed by atoms with Gasteiger partial charge in [0.15, 0.2) is 0 Å². The van der Waals surface area contributed by atoms with Crippen LogP contribution in [-0.4, -0.2) is 48.7 Å². The lowest BCUT2D eigenvalue weighted by Gasteiger charge is -2.22. The zero-order valence-corrected chi connectivity index (χ0v) is 16.8. The summed E-state index contributed by atoms with van der Waals surface area (Å²) in [6.45, 7) is 0.345. The van der Waals surface area contributed by atoms with Gasteiger partial charge >= 0.3 is 0 Å². The second-order valence-electron chi connectivity index (χ2n) is 6.48. The second-order valence-corrected chi connectivity index (χ2v) is 8.34. The number of ether oxygens (including phenoxy) is 2. The van der Waals surface area contributed by atoms with Crippen LogP contribution in [0.5, 0.6) is 11.5 Å². The van der Waals surface area contributed by atoms with Gasteiger partial charge < -0.3 is 13.9 Å². The van der Waals surface area contributed by atoms with Crippen LogP contribution >= 0.6 is 0 Å². The molecule has 0 spiro atoms. The molecular weight excluding hydrogens is 396 g/mol. The van der Waals surface area contributed by atoms with Crippen molar-refractivity contribution in [2.24, 2.45) is 0 Å². The zero-order chi connectivity index (χ0) is 20.4. The maximum atomic E-state index is 13.4. The summed E-state index contributed by atoms with van der Waals surface area (Å²) < 4.78 is 44.5. The highest BCUT2D eigenvalue weighted by Gasteiger charge is 2.40. The average molecular weight is 416 g/mol. The summed E-state index contributed by atoms with van der Waals surface area (Å²) in [5.41, 5.74) is 0.674. The molecule has 1 atom stereocenters. The van der Waals surface area contributed by atoms with Gasteiger partial charge in [0.1, 0.15) is 22.4 Å². The van der Waals surface area contributed by atoms with Crippen molar-refractivity contribution in [2.75, 3.05) is 20.8 Å². The molecule has 1 unspecified atom stereocenters. The van der Waals surface area contributed by atoms with Gasteiger partial charge in [-0.2, -0.15) is 4.31 Å². The van der Waals surface area contributed by atoms with Crippen molar-refractivity contribution >= 4 is 10.0 Å². The lowest BCUT2D eigenvalue weighted by molar-refractivity contribution is 0.329. The Morgan fingerprint density at radius 1 is 1.17 bits per heavy atom. The van der Waals surface area contributed by atoms with Crippen LogP contribution < -0.4 is 9.47 Å². The van der Waals surface area contributed by atoms with Crippen molar-refractivity contribution in [3.05, 3.63) is 48.6 Å². The smallest absolute Gasteiger partial charge is 0.249 e. The highest BCUT2D eigenvalue weighted by Crippen LogP contribution is 2.39. The largest absolute Gasteiger partial charge is 0.497 e. The van der Waals surface area contributed by atoms with Crippen LogP contribution in [0.2, 0.25) is 0 Å². The molecule has 1 aliphatic heterocycles. The Morgan fingerprint density at radius 2 is 2.03 bits per heavy atom. The fourth-order valence-corrected chi connectivity index (χ4v) is 5.19. The molecule has 0 bridgehead atoms. The molecule has 152 valence electrons. The molecule has 0 saturated carbocycles. The predicted molar refractivity (Wildman–Crippen MR) is 103 cm³/mol. The van der Waals surface area contributed by atoms with E-state index in [1.54, 1.807) is 36.7 Å². The quantitative estimate of drug-likeness (QED) is 0.604. The maximum Gasteiger partial charge on any atom is 0.249 e. The van der Waals surface area contributed by atoms with Gasteiger partial charge in [0.05, 0.1) is 19.8 Å². The monoisotopic (exact) mass is 416 g/mol. The third kappa shape index (κ3) is 3.56. The average Bonchev–Trinajstić information content (AvgIpc) is 3.43. The third-order valence-electron chi connectivity index (χ3n) is 4.80. The summed E-state index contributed by atoms with van der Waals surface area (Å²) >= 11 is 0. The summed E-state index contributed by atoms with van der Waals surface area (Å²) in [7, 11) is -0.966. The number of benzene rings is 1. The van der Waals surface area contributed by atoms with E-state index in [1.165, 1.54) is 24.6 Å². The number of hydrogen-bond acceptors (Lipinski definition) is 8. The van der Waals surface area contributed by atoms with E-state index in [2.05, 4.69) is 15.2 Å². The lowest BCUT2D eigenvalue weighted by Crippen LogP contribution is -2.31. The SMILES string of the molecule is COc1ccc(OC)c(S(=O)(=O)N2CCCC2c2nnc(-c3cccnc3)o2)c1. The Labute approximate surface area is 168 Å². The summed E-state index contributed by atoms with van der Waals surface area (Å²) in [5, 5.41) is 8.16. The number of rotatable bonds is 6. The highest BCUT2D eigenvalue weighted by atomic mass is 32.2. The summed E-state index contributed by atoms with van der Waals surface area (Å²) in [4.78, 5) is 4.08. The second kappa shape index (κ2) is 7.80. The van der Waals surface area contributed by atoms with E-state index in [9.17, 15) is 8.42 Å². The van der Waals surface area contributed by atoms with Gasteiger partial charge in [-0.15, -0.1) is 10.2 Å². The first-order valence-corrected chi connectivity index (χ1v) is 10.5. The first kappa shape index (κ1) is 19.3. The Hall–Kier alpha value is -2.98. The van der Waals surface area contributed by atoms with Gasteiger partial charge in [0.2, 0.25) is 21.8 Å². The van der Waals surface area contributed by atoms with Crippen molar-refractivity contribution in [3.8, 4) is 23.0 Å². The molecule has 2 aromatic heterocycles.